The van der Waals surface area contributed by atoms with Crippen LogP contribution < -0.4 is 0 Å². The third-order valence-corrected chi connectivity index (χ3v) is 7.27. The highest BCUT2D eigenvalue weighted by Crippen LogP contribution is 2.21. The van der Waals surface area contributed by atoms with Gasteiger partial charge in [-0.3, -0.25) is 0 Å². The lowest BCUT2D eigenvalue weighted by molar-refractivity contribution is 0.190. The van der Waals surface area contributed by atoms with Crippen molar-refractivity contribution in [2.45, 2.75) is 11.3 Å². The van der Waals surface area contributed by atoms with E-state index in [0.717, 1.165) is 42.2 Å². The van der Waals surface area contributed by atoms with Gasteiger partial charge in [0.25, 0.3) is 0 Å². The average molecular weight is 420 g/mol. The van der Waals surface area contributed by atoms with Gasteiger partial charge in [0.1, 0.15) is 5.65 Å². The Morgan fingerprint density at radius 2 is 1.83 bits per heavy atom. The Kier molecular flexibility index (Phi) is 5.37. The standard InChI is InChI=1S/C20H22F2N4O2S/c1-24-14-15(17-3-2-7-23-20(17)24)6-8-25-9-11-26(12-10-25)29(27,28)16-4-5-18(21)19(22)13-16/h2-5,7,13-14H,6,8-12H2,1H3. The van der Waals surface area contributed by atoms with Crippen LogP contribution in [-0.4, -0.2) is 59.9 Å². The largest absolute Gasteiger partial charge is 0.335 e. The molecule has 1 fully saturated rings. The number of aromatic nitrogens is 2. The molecule has 1 saturated heterocycles. The molecule has 3 heterocycles. The lowest BCUT2D eigenvalue weighted by atomic mass is 10.1. The monoisotopic (exact) mass is 420 g/mol. The van der Waals surface area contributed by atoms with E-state index in [1.165, 1.54) is 9.87 Å². The molecule has 0 atom stereocenters. The first-order chi connectivity index (χ1) is 13.9. The summed E-state index contributed by atoms with van der Waals surface area (Å²) in [6, 6.07) is 6.68. The van der Waals surface area contributed by atoms with Crippen LogP contribution in [0.2, 0.25) is 0 Å². The third kappa shape index (κ3) is 3.90. The molecule has 9 heteroatoms. The summed E-state index contributed by atoms with van der Waals surface area (Å²) in [5, 5.41) is 1.13. The van der Waals surface area contributed by atoms with Crippen LogP contribution in [0, 0.1) is 11.6 Å². The van der Waals surface area contributed by atoms with Crippen molar-refractivity contribution < 1.29 is 17.2 Å². The Labute approximate surface area is 168 Å². The lowest BCUT2D eigenvalue weighted by Crippen LogP contribution is -2.49. The van der Waals surface area contributed by atoms with Gasteiger partial charge < -0.3 is 9.47 Å². The van der Waals surface area contributed by atoms with Gasteiger partial charge in [0.2, 0.25) is 10.0 Å². The van der Waals surface area contributed by atoms with Crippen LogP contribution in [0.15, 0.2) is 47.6 Å². The van der Waals surface area contributed by atoms with Crippen LogP contribution in [0.4, 0.5) is 8.78 Å². The van der Waals surface area contributed by atoms with E-state index < -0.39 is 21.7 Å². The molecule has 0 unspecified atom stereocenters. The molecule has 154 valence electrons. The lowest BCUT2D eigenvalue weighted by Gasteiger charge is -2.34. The summed E-state index contributed by atoms with van der Waals surface area (Å²) in [5.41, 5.74) is 2.16. The molecular weight excluding hydrogens is 398 g/mol. The van der Waals surface area contributed by atoms with Crippen molar-refractivity contribution >= 4 is 21.1 Å². The van der Waals surface area contributed by atoms with E-state index in [9.17, 15) is 17.2 Å². The van der Waals surface area contributed by atoms with E-state index in [1.807, 2.05) is 17.7 Å². The zero-order chi connectivity index (χ0) is 20.6. The van der Waals surface area contributed by atoms with Crippen molar-refractivity contribution in [2.24, 2.45) is 7.05 Å². The number of hydrogen-bond donors (Lipinski definition) is 0. The Morgan fingerprint density at radius 3 is 2.55 bits per heavy atom. The highest BCUT2D eigenvalue weighted by molar-refractivity contribution is 7.89. The van der Waals surface area contributed by atoms with Gasteiger partial charge in [-0.2, -0.15) is 4.31 Å². The molecular formula is C20H22F2N4O2S. The fourth-order valence-electron chi connectivity index (χ4n) is 3.75. The number of halogens is 2. The van der Waals surface area contributed by atoms with Crippen molar-refractivity contribution in [1.29, 1.82) is 0 Å². The SMILES string of the molecule is Cn1cc(CCN2CCN(S(=O)(=O)c3ccc(F)c(F)c3)CC2)c2cccnc21. The molecule has 4 rings (SSSR count). The van der Waals surface area contributed by atoms with Crippen molar-refractivity contribution in [3.8, 4) is 0 Å². The normalized spacial score (nSPS) is 16.5. The van der Waals surface area contributed by atoms with Crippen LogP contribution in [0.1, 0.15) is 5.56 Å². The number of aryl methyl sites for hydroxylation is 1. The van der Waals surface area contributed by atoms with Crippen molar-refractivity contribution in [3.05, 3.63) is 59.9 Å². The predicted molar refractivity (Wildman–Crippen MR) is 106 cm³/mol. The van der Waals surface area contributed by atoms with Crippen molar-refractivity contribution in [2.75, 3.05) is 32.7 Å². The first kappa shape index (κ1) is 19.9. The molecule has 0 amide bonds. The molecule has 1 aliphatic heterocycles. The van der Waals surface area contributed by atoms with Gasteiger partial charge in [0.05, 0.1) is 4.90 Å². The van der Waals surface area contributed by atoms with E-state index in [0.29, 0.717) is 26.2 Å². The topological polar surface area (TPSA) is 58.4 Å². The average Bonchev–Trinajstić information content (AvgIpc) is 3.05. The fraction of sp³-hybridized carbons (Fsp3) is 0.350. The minimum atomic E-state index is -3.83. The summed E-state index contributed by atoms with van der Waals surface area (Å²) in [4.78, 5) is 6.40. The van der Waals surface area contributed by atoms with Gasteiger partial charge in [-0.05, 0) is 42.3 Å². The Morgan fingerprint density at radius 1 is 1.07 bits per heavy atom. The number of hydrogen-bond acceptors (Lipinski definition) is 4. The summed E-state index contributed by atoms with van der Waals surface area (Å²) >= 11 is 0. The second-order valence-electron chi connectivity index (χ2n) is 7.21. The predicted octanol–water partition coefficient (Wildman–Crippen LogP) is 2.40. The van der Waals surface area contributed by atoms with Crippen LogP contribution in [-0.2, 0) is 23.5 Å². The third-order valence-electron chi connectivity index (χ3n) is 5.37. The van der Waals surface area contributed by atoms with Crippen molar-refractivity contribution in [1.82, 2.24) is 18.8 Å². The van der Waals surface area contributed by atoms with Gasteiger partial charge in [0.15, 0.2) is 11.6 Å². The number of rotatable bonds is 5. The maximum Gasteiger partial charge on any atom is 0.243 e. The van der Waals surface area contributed by atoms with Crippen LogP contribution in [0.25, 0.3) is 11.0 Å². The molecule has 0 spiro atoms. The minimum Gasteiger partial charge on any atom is -0.335 e. The zero-order valence-electron chi connectivity index (χ0n) is 16.1. The van der Waals surface area contributed by atoms with E-state index in [1.54, 1.807) is 6.20 Å². The molecule has 29 heavy (non-hydrogen) atoms. The maximum atomic E-state index is 13.4. The summed E-state index contributed by atoms with van der Waals surface area (Å²) in [6.07, 6.45) is 4.71. The molecule has 3 aromatic rings. The Balaban J connectivity index is 1.38. The summed E-state index contributed by atoms with van der Waals surface area (Å²) in [6.45, 7) is 2.63. The molecule has 0 N–H and O–H groups in total. The molecule has 0 aliphatic carbocycles. The van der Waals surface area contributed by atoms with Crippen LogP contribution in [0.3, 0.4) is 0 Å². The van der Waals surface area contributed by atoms with Crippen LogP contribution in [0.5, 0.6) is 0 Å². The number of fused-ring (bicyclic) bond motifs is 1. The summed E-state index contributed by atoms with van der Waals surface area (Å²) in [7, 11) is -1.86. The number of piperazine rings is 1. The van der Waals surface area contributed by atoms with Gasteiger partial charge >= 0.3 is 0 Å². The number of sulfonamides is 1. The molecule has 2 aromatic heterocycles. The summed E-state index contributed by atoms with van der Waals surface area (Å²) < 4.78 is 55.3. The quantitative estimate of drug-likeness (QED) is 0.636. The van der Waals surface area contributed by atoms with E-state index in [2.05, 4.69) is 22.1 Å². The summed E-state index contributed by atoms with van der Waals surface area (Å²) in [5.74, 6) is -2.22. The molecule has 1 aliphatic rings. The number of nitrogens with zero attached hydrogens (tertiary/aromatic N) is 4. The van der Waals surface area contributed by atoms with E-state index in [4.69, 9.17) is 0 Å². The second-order valence-corrected chi connectivity index (χ2v) is 9.15. The first-order valence-electron chi connectivity index (χ1n) is 9.43. The van der Waals surface area contributed by atoms with E-state index in [-0.39, 0.29) is 4.90 Å². The minimum absolute atomic E-state index is 0.215. The first-order valence-corrected chi connectivity index (χ1v) is 10.9. The highest BCUT2D eigenvalue weighted by atomic mass is 32.2. The van der Waals surface area contributed by atoms with Gasteiger partial charge in [0, 0.05) is 57.6 Å². The van der Waals surface area contributed by atoms with E-state index >= 15 is 0 Å². The maximum absolute atomic E-state index is 13.4. The van der Waals surface area contributed by atoms with Crippen LogP contribution >= 0.6 is 0 Å². The molecule has 0 radical (unpaired) electrons. The number of benzene rings is 1. The van der Waals surface area contributed by atoms with Gasteiger partial charge in [-0.15, -0.1) is 0 Å². The van der Waals surface area contributed by atoms with Gasteiger partial charge in [-0.1, -0.05) is 0 Å². The molecule has 1 aromatic carbocycles. The molecule has 0 saturated carbocycles. The highest BCUT2D eigenvalue weighted by Gasteiger charge is 2.29. The zero-order valence-corrected chi connectivity index (χ0v) is 16.9. The molecule has 6 nitrogen and oxygen atoms in total. The Hall–Kier alpha value is -2.36. The van der Waals surface area contributed by atoms with Gasteiger partial charge in [-0.25, -0.2) is 22.2 Å². The smallest absolute Gasteiger partial charge is 0.243 e. The number of pyridine rings is 1. The second kappa shape index (κ2) is 7.81. The molecule has 0 bridgehead atoms. The Bertz CT molecular complexity index is 1140. The van der Waals surface area contributed by atoms with Crippen molar-refractivity contribution in [3.63, 3.8) is 0 Å². The fourth-order valence-corrected chi connectivity index (χ4v) is 5.19.